The van der Waals surface area contributed by atoms with E-state index in [2.05, 4.69) is 21.6 Å². The number of amides is 3. The van der Waals surface area contributed by atoms with Crippen LogP contribution in [0.5, 0.6) is 0 Å². The summed E-state index contributed by atoms with van der Waals surface area (Å²) in [5, 5.41) is 5.87. The maximum atomic E-state index is 12.0. The highest BCUT2D eigenvalue weighted by Crippen LogP contribution is 2.13. The van der Waals surface area contributed by atoms with Crippen molar-refractivity contribution in [2.75, 3.05) is 45.8 Å². The van der Waals surface area contributed by atoms with Gasteiger partial charge in [0, 0.05) is 52.7 Å². The Kier molecular flexibility index (Phi) is 7.39. The lowest BCUT2D eigenvalue weighted by molar-refractivity contribution is -0.119. The minimum Gasteiger partial charge on any atom is -0.355 e. The molecule has 2 aliphatic rings. The number of nitrogens with zero attached hydrogens (tertiary/aromatic N) is 2. The van der Waals surface area contributed by atoms with Crippen molar-refractivity contribution in [2.24, 2.45) is 0 Å². The van der Waals surface area contributed by atoms with Crippen LogP contribution < -0.4 is 10.6 Å². The highest BCUT2D eigenvalue weighted by Gasteiger charge is 2.16. The van der Waals surface area contributed by atoms with Crippen molar-refractivity contribution in [1.82, 2.24) is 20.4 Å². The third kappa shape index (κ3) is 6.60. The van der Waals surface area contributed by atoms with Crippen molar-refractivity contribution in [3.05, 3.63) is 11.6 Å². The normalized spacial score (nSPS) is 19.2. The summed E-state index contributed by atoms with van der Waals surface area (Å²) in [7, 11) is 0. The van der Waals surface area contributed by atoms with Gasteiger partial charge in [0.2, 0.25) is 5.91 Å². The zero-order valence-corrected chi connectivity index (χ0v) is 14.3. The summed E-state index contributed by atoms with van der Waals surface area (Å²) < 4.78 is 0. The van der Waals surface area contributed by atoms with Gasteiger partial charge in [-0.2, -0.15) is 0 Å². The van der Waals surface area contributed by atoms with Crippen LogP contribution in [0.1, 0.15) is 39.0 Å². The molecule has 1 saturated heterocycles. The monoisotopic (exact) mass is 322 g/mol. The van der Waals surface area contributed by atoms with E-state index in [1.165, 1.54) is 12.0 Å². The molecule has 3 amide bonds. The molecule has 0 aliphatic carbocycles. The molecule has 0 aromatic rings. The second-order valence-corrected chi connectivity index (χ2v) is 6.43. The van der Waals surface area contributed by atoms with Crippen LogP contribution in [-0.2, 0) is 4.79 Å². The molecule has 0 unspecified atom stereocenters. The Labute approximate surface area is 139 Å². The van der Waals surface area contributed by atoms with E-state index in [-0.39, 0.29) is 11.9 Å². The third-order valence-electron chi connectivity index (χ3n) is 4.55. The summed E-state index contributed by atoms with van der Waals surface area (Å²) in [6.07, 6.45) is 7.78. The average molecular weight is 322 g/mol. The quantitative estimate of drug-likeness (QED) is 0.725. The van der Waals surface area contributed by atoms with Gasteiger partial charge in [-0.25, -0.2) is 4.79 Å². The molecule has 0 atom stereocenters. The van der Waals surface area contributed by atoms with Crippen molar-refractivity contribution < 1.29 is 9.59 Å². The SMILES string of the molecule is CC(=O)NCCN1CC=C(CCNC(=O)N2CCCCC2)CC1. The molecule has 0 aromatic carbocycles. The predicted octanol–water partition coefficient (Wildman–Crippen LogP) is 1.34. The van der Waals surface area contributed by atoms with E-state index in [4.69, 9.17) is 0 Å². The van der Waals surface area contributed by atoms with E-state index in [0.29, 0.717) is 6.54 Å². The van der Waals surface area contributed by atoms with E-state index in [9.17, 15) is 9.59 Å². The summed E-state index contributed by atoms with van der Waals surface area (Å²) in [6, 6.07) is 0.0954. The molecule has 6 nitrogen and oxygen atoms in total. The molecule has 0 saturated carbocycles. The van der Waals surface area contributed by atoms with E-state index in [0.717, 1.165) is 65.0 Å². The molecule has 0 aromatic heterocycles. The standard InChI is InChI=1S/C17H30N4O2/c1-15(22)18-9-14-20-12-6-16(7-13-20)5-8-19-17(23)21-10-3-2-4-11-21/h6H,2-5,7-14H2,1H3,(H,18,22)(H,19,23). The van der Waals surface area contributed by atoms with Gasteiger partial charge < -0.3 is 15.5 Å². The lowest BCUT2D eigenvalue weighted by atomic mass is 10.0. The molecular formula is C17H30N4O2. The van der Waals surface area contributed by atoms with Gasteiger partial charge in [0.1, 0.15) is 0 Å². The summed E-state index contributed by atoms with van der Waals surface area (Å²) in [4.78, 5) is 27.1. The fourth-order valence-electron chi connectivity index (χ4n) is 3.11. The molecule has 130 valence electrons. The Morgan fingerprint density at radius 1 is 1.09 bits per heavy atom. The van der Waals surface area contributed by atoms with Crippen LogP contribution in [0, 0.1) is 0 Å². The second kappa shape index (κ2) is 9.55. The number of hydrogen-bond acceptors (Lipinski definition) is 3. The number of urea groups is 1. The Hall–Kier alpha value is -1.56. The van der Waals surface area contributed by atoms with Gasteiger partial charge >= 0.3 is 6.03 Å². The molecule has 1 fully saturated rings. The van der Waals surface area contributed by atoms with Crippen LogP contribution in [-0.4, -0.2) is 67.6 Å². The Balaban J connectivity index is 1.58. The van der Waals surface area contributed by atoms with E-state index >= 15 is 0 Å². The molecule has 2 N–H and O–H groups in total. The van der Waals surface area contributed by atoms with Crippen molar-refractivity contribution in [3.8, 4) is 0 Å². The smallest absolute Gasteiger partial charge is 0.317 e. The molecule has 0 radical (unpaired) electrons. The summed E-state index contributed by atoms with van der Waals surface area (Å²) in [5.41, 5.74) is 1.43. The summed E-state index contributed by atoms with van der Waals surface area (Å²) in [6.45, 7) is 7.66. The number of carbonyl (C=O) groups excluding carboxylic acids is 2. The van der Waals surface area contributed by atoms with E-state index < -0.39 is 0 Å². The fraction of sp³-hybridized carbons (Fsp3) is 0.765. The molecule has 0 bridgehead atoms. The molecule has 2 aliphatic heterocycles. The lowest BCUT2D eigenvalue weighted by Crippen LogP contribution is -2.43. The van der Waals surface area contributed by atoms with Crippen LogP contribution in [0.15, 0.2) is 11.6 Å². The van der Waals surface area contributed by atoms with Crippen LogP contribution in [0.2, 0.25) is 0 Å². The van der Waals surface area contributed by atoms with Crippen LogP contribution in [0.4, 0.5) is 4.79 Å². The number of rotatable bonds is 6. The van der Waals surface area contributed by atoms with Gasteiger partial charge in [-0.15, -0.1) is 0 Å². The fourth-order valence-corrected chi connectivity index (χ4v) is 3.11. The molecule has 23 heavy (non-hydrogen) atoms. The van der Waals surface area contributed by atoms with Crippen molar-refractivity contribution >= 4 is 11.9 Å². The lowest BCUT2D eigenvalue weighted by Gasteiger charge is -2.28. The summed E-state index contributed by atoms with van der Waals surface area (Å²) >= 11 is 0. The zero-order chi connectivity index (χ0) is 16.5. The predicted molar refractivity (Wildman–Crippen MR) is 91.3 cm³/mol. The first-order chi connectivity index (χ1) is 11.1. The number of likely N-dealkylation sites (tertiary alicyclic amines) is 1. The largest absolute Gasteiger partial charge is 0.355 e. The van der Waals surface area contributed by atoms with Gasteiger partial charge in [0.15, 0.2) is 0 Å². The van der Waals surface area contributed by atoms with Gasteiger partial charge in [-0.05, 0) is 32.1 Å². The minimum atomic E-state index is 0.0303. The third-order valence-corrected chi connectivity index (χ3v) is 4.55. The highest BCUT2D eigenvalue weighted by molar-refractivity contribution is 5.74. The van der Waals surface area contributed by atoms with Crippen molar-refractivity contribution in [2.45, 2.75) is 39.0 Å². The van der Waals surface area contributed by atoms with Gasteiger partial charge in [0.25, 0.3) is 0 Å². The minimum absolute atomic E-state index is 0.0303. The maximum absolute atomic E-state index is 12.0. The van der Waals surface area contributed by atoms with Crippen molar-refractivity contribution in [3.63, 3.8) is 0 Å². The average Bonchev–Trinajstić information content (AvgIpc) is 2.57. The second-order valence-electron chi connectivity index (χ2n) is 6.43. The van der Waals surface area contributed by atoms with Gasteiger partial charge in [-0.3, -0.25) is 9.69 Å². The first-order valence-electron chi connectivity index (χ1n) is 8.82. The first kappa shape index (κ1) is 17.8. The summed E-state index contributed by atoms with van der Waals surface area (Å²) in [5.74, 6) is 0.0303. The Bertz CT molecular complexity index is 430. The Morgan fingerprint density at radius 3 is 2.52 bits per heavy atom. The number of nitrogens with one attached hydrogen (secondary N) is 2. The number of hydrogen-bond donors (Lipinski definition) is 2. The Morgan fingerprint density at radius 2 is 1.87 bits per heavy atom. The number of piperidine rings is 1. The maximum Gasteiger partial charge on any atom is 0.317 e. The van der Waals surface area contributed by atoms with Gasteiger partial charge in [0.05, 0.1) is 0 Å². The first-order valence-corrected chi connectivity index (χ1v) is 8.82. The van der Waals surface area contributed by atoms with Crippen LogP contribution >= 0.6 is 0 Å². The zero-order valence-electron chi connectivity index (χ0n) is 14.3. The van der Waals surface area contributed by atoms with Gasteiger partial charge in [-0.1, -0.05) is 11.6 Å². The highest BCUT2D eigenvalue weighted by atomic mass is 16.2. The molecule has 2 heterocycles. The van der Waals surface area contributed by atoms with Crippen molar-refractivity contribution in [1.29, 1.82) is 0 Å². The molecule has 2 rings (SSSR count). The number of carbonyl (C=O) groups is 2. The van der Waals surface area contributed by atoms with E-state index in [1.54, 1.807) is 6.92 Å². The van der Waals surface area contributed by atoms with E-state index in [1.807, 2.05) is 4.90 Å². The topological polar surface area (TPSA) is 64.7 Å². The molecular weight excluding hydrogens is 292 g/mol. The molecule has 0 spiro atoms. The molecule has 6 heteroatoms. The van der Waals surface area contributed by atoms with Crippen LogP contribution in [0.3, 0.4) is 0 Å². The van der Waals surface area contributed by atoms with Crippen LogP contribution in [0.25, 0.3) is 0 Å².